The van der Waals surface area contributed by atoms with E-state index in [0.717, 1.165) is 16.8 Å². The molecule has 1 aromatic rings. The quantitative estimate of drug-likeness (QED) is 0.770. The highest BCUT2D eigenvalue weighted by Gasteiger charge is 2.08. The van der Waals surface area contributed by atoms with Crippen molar-refractivity contribution in [2.45, 2.75) is 26.8 Å². The molecular formula is C16H19NO. The Kier molecular flexibility index (Phi) is 3.56. The van der Waals surface area contributed by atoms with Crippen molar-refractivity contribution >= 4 is 5.69 Å². The van der Waals surface area contributed by atoms with Crippen molar-refractivity contribution in [3.05, 3.63) is 59.2 Å². The number of nitrogens with one attached hydrogen (secondary N) is 1. The maximum atomic E-state index is 9.55. The molecule has 0 aliphatic heterocycles. The second-order valence-corrected chi connectivity index (χ2v) is 4.78. The summed E-state index contributed by atoms with van der Waals surface area (Å²) in [5.74, 6) is 0.320. The first-order chi connectivity index (χ1) is 8.56. The van der Waals surface area contributed by atoms with Crippen molar-refractivity contribution in [2.24, 2.45) is 0 Å². The molecule has 1 aliphatic carbocycles. The summed E-state index contributed by atoms with van der Waals surface area (Å²) in [4.78, 5) is 0. The summed E-state index contributed by atoms with van der Waals surface area (Å²) in [6.45, 7) is 6.10. The predicted molar refractivity (Wildman–Crippen MR) is 77.0 cm³/mol. The first kappa shape index (κ1) is 12.5. The molecule has 2 rings (SSSR count). The van der Waals surface area contributed by atoms with Gasteiger partial charge in [-0.05, 0) is 44.0 Å². The summed E-state index contributed by atoms with van der Waals surface area (Å²) >= 11 is 0. The number of hydrogen-bond donors (Lipinski definition) is 2. The second kappa shape index (κ2) is 5.13. The van der Waals surface area contributed by atoms with Gasteiger partial charge in [0.15, 0.2) is 0 Å². The van der Waals surface area contributed by atoms with Crippen LogP contribution in [-0.2, 0) is 0 Å². The van der Waals surface area contributed by atoms with Crippen LogP contribution in [0.2, 0.25) is 0 Å². The number of phenols is 1. The Labute approximate surface area is 108 Å². The van der Waals surface area contributed by atoms with Gasteiger partial charge < -0.3 is 10.4 Å². The molecule has 2 heteroatoms. The molecule has 0 heterocycles. The summed E-state index contributed by atoms with van der Waals surface area (Å²) in [7, 11) is 0. The van der Waals surface area contributed by atoms with Crippen LogP contribution < -0.4 is 5.32 Å². The molecule has 94 valence electrons. The van der Waals surface area contributed by atoms with Crippen molar-refractivity contribution < 1.29 is 5.11 Å². The van der Waals surface area contributed by atoms with Crippen molar-refractivity contribution in [3.8, 4) is 5.75 Å². The average Bonchev–Trinajstić information content (AvgIpc) is 2.48. The normalized spacial score (nSPS) is 18.4. The summed E-state index contributed by atoms with van der Waals surface area (Å²) in [6, 6.07) is 3.75. The molecule has 1 unspecified atom stereocenters. The van der Waals surface area contributed by atoms with Gasteiger partial charge in [0.2, 0.25) is 0 Å². The number of aryl methyl sites for hydroxylation is 2. The monoisotopic (exact) mass is 241 g/mol. The summed E-state index contributed by atoms with van der Waals surface area (Å²) in [5.41, 5.74) is 4.45. The van der Waals surface area contributed by atoms with Crippen molar-refractivity contribution in [1.29, 1.82) is 0 Å². The molecule has 1 atom stereocenters. The van der Waals surface area contributed by atoms with Gasteiger partial charge in [0.05, 0.1) is 6.04 Å². The lowest BCUT2D eigenvalue weighted by Crippen LogP contribution is -2.15. The molecule has 0 amide bonds. The molecule has 2 N–H and O–H groups in total. The number of anilines is 1. The molecule has 0 bridgehead atoms. The first-order valence-corrected chi connectivity index (χ1v) is 6.16. The van der Waals surface area contributed by atoms with E-state index in [0.29, 0.717) is 5.75 Å². The van der Waals surface area contributed by atoms with Gasteiger partial charge in [-0.15, -0.1) is 0 Å². The fourth-order valence-electron chi connectivity index (χ4n) is 2.21. The zero-order chi connectivity index (χ0) is 13.1. The third-order valence-corrected chi connectivity index (χ3v) is 3.06. The van der Waals surface area contributed by atoms with E-state index in [-0.39, 0.29) is 6.04 Å². The van der Waals surface area contributed by atoms with E-state index < -0.39 is 0 Å². The Bertz CT molecular complexity index is 515. The maximum absolute atomic E-state index is 9.55. The largest absolute Gasteiger partial charge is 0.508 e. The molecule has 1 aromatic carbocycles. The van der Waals surface area contributed by atoms with E-state index in [1.54, 1.807) is 12.1 Å². The van der Waals surface area contributed by atoms with E-state index >= 15 is 0 Å². The van der Waals surface area contributed by atoms with Crippen LogP contribution in [0.1, 0.15) is 18.1 Å². The number of phenolic OH excluding ortho intramolecular Hbond substituents is 1. The van der Waals surface area contributed by atoms with Crippen LogP contribution in [0.25, 0.3) is 0 Å². The average molecular weight is 241 g/mol. The van der Waals surface area contributed by atoms with E-state index in [4.69, 9.17) is 0 Å². The molecule has 0 saturated carbocycles. The Balaban J connectivity index is 2.27. The van der Waals surface area contributed by atoms with Crippen molar-refractivity contribution in [3.63, 3.8) is 0 Å². The third kappa shape index (κ3) is 2.83. The number of allylic oxidation sites excluding steroid dienone is 4. The van der Waals surface area contributed by atoms with E-state index in [9.17, 15) is 5.11 Å². The SMILES string of the molecule is CC1=CC(Nc2c(C)cc(O)cc2C)C=CC=C1. The van der Waals surface area contributed by atoms with E-state index in [1.165, 1.54) is 5.57 Å². The molecule has 18 heavy (non-hydrogen) atoms. The number of aromatic hydroxyl groups is 1. The van der Waals surface area contributed by atoms with Crippen LogP contribution in [0.5, 0.6) is 5.75 Å². The summed E-state index contributed by atoms with van der Waals surface area (Å²) in [5, 5.41) is 13.0. The molecule has 2 nitrogen and oxygen atoms in total. The standard InChI is InChI=1S/C16H19NO/c1-11-6-4-5-7-14(8-11)17-16-12(2)9-15(18)10-13(16)3/h4-10,14,17-18H,1-3H3. The van der Waals surface area contributed by atoms with Crippen LogP contribution in [-0.4, -0.2) is 11.1 Å². The zero-order valence-corrected chi connectivity index (χ0v) is 11.1. The number of benzene rings is 1. The third-order valence-electron chi connectivity index (χ3n) is 3.06. The minimum atomic E-state index is 0.182. The minimum Gasteiger partial charge on any atom is -0.508 e. The van der Waals surface area contributed by atoms with E-state index in [1.807, 2.05) is 19.9 Å². The Morgan fingerprint density at radius 3 is 2.39 bits per heavy atom. The topological polar surface area (TPSA) is 32.3 Å². The fourth-order valence-corrected chi connectivity index (χ4v) is 2.21. The van der Waals surface area contributed by atoms with Crippen LogP contribution in [0.4, 0.5) is 5.69 Å². The molecule has 0 spiro atoms. The van der Waals surface area contributed by atoms with Gasteiger partial charge in [-0.3, -0.25) is 0 Å². The first-order valence-electron chi connectivity index (χ1n) is 6.16. The highest BCUT2D eigenvalue weighted by molar-refractivity contribution is 5.61. The lowest BCUT2D eigenvalue weighted by atomic mass is 10.1. The van der Waals surface area contributed by atoms with Gasteiger partial charge in [0.1, 0.15) is 5.75 Å². The fraction of sp³-hybridized carbons (Fsp3) is 0.250. The highest BCUT2D eigenvalue weighted by Crippen LogP contribution is 2.26. The summed E-state index contributed by atoms with van der Waals surface area (Å²) < 4.78 is 0. The Hall–Kier alpha value is -1.96. The van der Waals surface area contributed by atoms with Gasteiger partial charge >= 0.3 is 0 Å². The molecule has 0 aromatic heterocycles. The van der Waals surface area contributed by atoms with Crippen LogP contribution in [0, 0.1) is 13.8 Å². The smallest absolute Gasteiger partial charge is 0.116 e. The van der Waals surface area contributed by atoms with Crippen LogP contribution >= 0.6 is 0 Å². The number of rotatable bonds is 2. The van der Waals surface area contributed by atoms with Gasteiger partial charge in [-0.1, -0.05) is 36.0 Å². The minimum absolute atomic E-state index is 0.182. The van der Waals surface area contributed by atoms with Crippen LogP contribution in [0.15, 0.2) is 48.1 Å². The van der Waals surface area contributed by atoms with Gasteiger partial charge in [0.25, 0.3) is 0 Å². The molecular weight excluding hydrogens is 222 g/mol. The maximum Gasteiger partial charge on any atom is 0.116 e. The Morgan fingerprint density at radius 2 is 1.72 bits per heavy atom. The van der Waals surface area contributed by atoms with Crippen molar-refractivity contribution in [1.82, 2.24) is 0 Å². The Morgan fingerprint density at radius 1 is 1.06 bits per heavy atom. The lowest BCUT2D eigenvalue weighted by Gasteiger charge is -2.17. The molecule has 0 fully saturated rings. The van der Waals surface area contributed by atoms with Crippen molar-refractivity contribution in [2.75, 3.05) is 5.32 Å². The molecule has 1 aliphatic rings. The van der Waals surface area contributed by atoms with E-state index in [2.05, 4.69) is 36.5 Å². The van der Waals surface area contributed by atoms with Crippen LogP contribution in [0.3, 0.4) is 0 Å². The summed E-state index contributed by atoms with van der Waals surface area (Å²) in [6.07, 6.45) is 10.5. The number of hydrogen-bond acceptors (Lipinski definition) is 2. The molecule has 0 saturated heterocycles. The second-order valence-electron chi connectivity index (χ2n) is 4.78. The highest BCUT2D eigenvalue weighted by atomic mass is 16.3. The predicted octanol–water partition coefficient (Wildman–Crippen LogP) is 3.86. The van der Waals surface area contributed by atoms with Gasteiger partial charge in [0, 0.05) is 5.69 Å². The zero-order valence-electron chi connectivity index (χ0n) is 11.1. The van der Waals surface area contributed by atoms with Gasteiger partial charge in [-0.25, -0.2) is 0 Å². The lowest BCUT2D eigenvalue weighted by molar-refractivity contribution is 0.474. The van der Waals surface area contributed by atoms with Gasteiger partial charge in [-0.2, -0.15) is 0 Å². The molecule has 0 radical (unpaired) electrons.